The minimum atomic E-state index is 0.579. The summed E-state index contributed by atoms with van der Waals surface area (Å²) in [7, 11) is 0. The van der Waals surface area contributed by atoms with Gasteiger partial charge in [0.05, 0.1) is 0 Å². The normalized spacial score (nSPS) is 12.7. The van der Waals surface area contributed by atoms with Gasteiger partial charge in [-0.3, -0.25) is 0 Å². The number of unbranched alkanes of at least 4 members (excludes halogenated alkanes) is 1. The van der Waals surface area contributed by atoms with E-state index in [2.05, 4.69) is 25.2 Å². The first kappa shape index (κ1) is 13.9. The van der Waals surface area contributed by atoms with Crippen LogP contribution in [0.25, 0.3) is 0 Å². The zero-order valence-electron chi connectivity index (χ0n) is 10.0. The van der Waals surface area contributed by atoms with Crippen LogP contribution in [0.1, 0.15) is 26.7 Å². The largest absolute Gasteiger partial charge is 0.316 e. The molecule has 0 spiro atoms. The third-order valence-electron chi connectivity index (χ3n) is 2.27. The molecule has 1 unspecified atom stereocenters. The second-order valence-corrected chi connectivity index (χ2v) is 5.89. The third-order valence-corrected chi connectivity index (χ3v) is 3.60. The molecule has 0 heterocycles. The van der Waals surface area contributed by atoms with Crippen LogP contribution in [0.5, 0.6) is 0 Å². The molecule has 0 fully saturated rings. The summed E-state index contributed by atoms with van der Waals surface area (Å²) in [4.78, 5) is 1.25. The molecule has 0 aliphatic heterocycles. The lowest BCUT2D eigenvalue weighted by Crippen LogP contribution is -2.23. The fourth-order valence-corrected chi connectivity index (χ4v) is 2.69. The van der Waals surface area contributed by atoms with Gasteiger partial charge in [0.25, 0.3) is 0 Å². The minimum Gasteiger partial charge on any atom is -0.316 e. The van der Waals surface area contributed by atoms with Gasteiger partial charge in [0.2, 0.25) is 0 Å². The number of halogens is 1. The Labute approximate surface area is 108 Å². The smallest absolute Gasteiger partial charge is 0.0417 e. The summed E-state index contributed by atoms with van der Waals surface area (Å²) in [5.74, 6) is 0. The van der Waals surface area contributed by atoms with Crippen molar-refractivity contribution in [3.8, 4) is 0 Å². The Bertz CT molecular complexity index is 304. The topological polar surface area (TPSA) is 12.0 Å². The van der Waals surface area contributed by atoms with Crippen LogP contribution in [0.15, 0.2) is 29.2 Å². The highest BCUT2D eigenvalue weighted by atomic mass is 35.5. The molecule has 1 aromatic rings. The van der Waals surface area contributed by atoms with Crippen molar-refractivity contribution in [2.75, 3.05) is 13.1 Å². The van der Waals surface area contributed by atoms with Gasteiger partial charge in [-0.1, -0.05) is 37.9 Å². The van der Waals surface area contributed by atoms with Crippen LogP contribution >= 0.6 is 23.4 Å². The molecule has 1 nitrogen and oxygen atoms in total. The number of benzene rings is 1. The fraction of sp³-hybridized carbons (Fsp3) is 0.538. The highest BCUT2D eigenvalue weighted by Gasteiger charge is 2.03. The molecule has 90 valence electrons. The van der Waals surface area contributed by atoms with Crippen LogP contribution in [-0.4, -0.2) is 18.3 Å². The van der Waals surface area contributed by atoms with Crippen molar-refractivity contribution in [3.05, 3.63) is 29.3 Å². The number of thioether (sulfide) groups is 1. The first-order valence-electron chi connectivity index (χ1n) is 5.85. The Morgan fingerprint density at radius 2 is 2.25 bits per heavy atom. The van der Waals surface area contributed by atoms with E-state index in [1.54, 1.807) is 0 Å². The summed E-state index contributed by atoms with van der Waals surface area (Å²) in [6.45, 7) is 6.63. The van der Waals surface area contributed by atoms with Crippen molar-refractivity contribution in [2.24, 2.45) is 0 Å². The van der Waals surface area contributed by atoms with Crippen molar-refractivity contribution in [1.29, 1.82) is 0 Å². The Kier molecular flexibility index (Phi) is 6.93. The number of nitrogens with one attached hydrogen (secondary N) is 1. The summed E-state index contributed by atoms with van der Waals surface area (Å²) in [5, 5.41) is 4.86. The zero-order chi connectivity index (χ0) is 11.8. The van der Waals surface area contributed by atoms with E-state index in [0.717, 1.165) is 18.1 Å². The monoisotopic (exact) mass is 257 g/mol. The molecule has 0 saturated carbocycles. The summed E-state index contributed by atoms with van der Waals surface area (Å²) in [5.41, 5.74) is 0. The molecule has 1 aromatic carbocycles. The molecule has 0 saturated heterocycles. The average Bonchev–Trinajstić information content (AvgIpc) is 2.24. The highest BCUT2D eigenvalue weighted by Crippen LogP contribution is 2.25. The second kappa shape index (κ2) is 7.99. The molecule has 16 heavy (non-hydrogen) atoms. The maximum absolute atomic E-state index is 5.94. The van der Waals surface area contributed by atoms with E-state index >= 15 is 0 Å². The van der Waals surface area contributed by atoms with Gasteiger partial charge >= 0.3 is 0 Å². The van der Waals surface area contributed by atoms with E-state index in [-0.39, 0.29) is 0 Å². The van der Waals surface area contributed by atoms with Gasteiger partial charge in [-0.25, -0.2) is 0 Å². The van der Waals surface area contributed by atoms with E-state index in [1.165, 1.54) is 17.7 Å². The van der Waals surface area contributed by atoms with Crippen molar-refractivity contribution < 1.29 is 0 Å². The van der Waals surface area contributed by atoms with Crippen molar-refractivity contribution in [3.63, 3.8) is 0 Å². The maximum Gasteiger partial charge on any atom is 0.0417 e. The summed E-state index contributed by atoms with van der Waals surface area (Å²) in [6.07, 6.45) is 2.51. The number of hydrogen-bond acceptors (Lipinski definition) is 2. The highest BCUT2D eigenvalue weighted by molar-refractivity contribution is 8.00. The molecule has 0 aliphatic rings. The van der Waals surface area contributed by atoms with Gasteiger partial charge < -0.3 is 5.32 Å². The van der Waals surface area contributed by atoms with Crippen molar-refractivity contribution in [2.45, 2.75) is 36.8 Å². The molecule has 0 radical (unpaired) electrons. The Morgan fingerprint density at radius 3 is 2.94 bits per heavy atom. The molecule has 0 bridgehead atoms. The molecule has 1 rings (SSSR count). The molecule has 3 heteroatoms. The molecular weight excluding hydrogens is 238 g/mol. The first-order valence-corrected chi connectivity index (χ1v) is 7.11. The number of rotatable bonds is 7. The molecule has 0 aromatic heterocycles. The van der Waals surface area contributed by atoms with Crippen LogP contribution in [-0.2, 0) is 0 Å². The van der Waals surface area contributed by atoms with Gasteiger partial charge in [-0.2, -0.15) is 0 Å². The van der Waals surface area contributed by atoms with Crippen LogP contribution in [0.3, 0.4) is 0 Å². The first-order chi connectivity index (χ1) is 7.72. The lowest BCUT2D eigenvalue weighted by molar-refractivity contribution is 0.638. The van der Waals surface area contributed by atoms with E-state index in [4.69, 9.17) is 11.6 Å². The lowest BCUT2D eigenvalue weighted by atomic mass is 10.3. The summed E-state index contributed by atoms with van der Waals surface area (Å²) < 4.78 is 0. The Morgan fingerprint density at radius 1 is 1.44 bits per heavy atom. The van der Waals surface area contributed by atoms with Crippen molar-refractivity contribution in [1.82, 2.24) is 5.32 Å². The summed E-state index contributed by atoms with van der Waals surface area (Å²) >= 11 is 7.81. The predicted molar refractivity (Wildman–Crippen MR) is 74.5 cm³/mol. The SMILES string of the molecule is CCCCNCC(C)Sc1cccc(Cl)c1. The van der Waals surface area contributed by atoms with E-state index in [1.807, 2.05) is 30.0 Å². The fourth-order valence-electron chi connectivity index (χ4n) is 1.42. The molecule has 1 atom stereocenters. The molecular formula is C13H20ClNS. The van der Waals surface area contributed by atoms with Crippen LogP contribution in [0, 0.1) is 0 Å². The Hall–Kier alpha value is -0.180. The van der Waals surface area contributed by atoms with Gasteiger partial charge in [-0.15, -0.1) is 11.8 Å². The molecule has 1 N–H and O–H groups in total. The third kappa shape index (κ3) is 5.78. The number of hydrogen-bond donors (Lipinski definition) is 1. The second-order valence-electron chi connectivity index (χ2n) is 3.94. The van der Waals surface area contributed by atoms with Crippen LogP contribution < -0.4 is 5.32 Å². The van der Waals surface area contributed by atoms with Crippen LogP contribution in [0.2, 0.25) is 5.02 Å². The summed E-state index contributed by atoms with van der Waals surface area (Å²) in [6, 6.07) is 8.05. The standard InChI is InChI=1S/C13H20ClNS/c1-3-4-8-15-10-11(2)16-13-7-5-6-12(14)9-13/h5-7,9,11,15H,3-4,8,10H2,1-2H3. The maximum atomic E-state index is 5.94. The van der Waals surface area contributed by atoms with E-state index in [0.29, 0.717) is 5.25 Å². The van der Waals surface area contributed by atoms with Gasteiger partial charge in [0.15, 0.2) is 0 Å². The lowest BCUT2D eigenvalue weighted by Gasteiger charge is -2.12. The van der Waals surface area contributed by atoms with Crippen LogP contribution in [0.4, 0.5) is 0 Å². The minimum absolute atomic E-state index is 0.579. The van der Waals surface area contributed by atoms with E-state index in [9.17, 15) is 0 Å². The molecule has 0 aliphatic carbocycles. The van der Waals surface area contributed by atoms with Gasteiger partial charge in [-0.05, 0) is 31.2 Å². The van der Waals surface area contributed by atoms with E-state index < -0.39 is 0 Å². The predicted octanol–water partition coefficient (Wildman–Crippen LogP) is 4.21. The zero-order valence-corrected chi connectivity index (χ0v) is 11.6. The quantitative estimate of drug-likeness (QED) is 0.580. The van der Waals surface area contributed by atoms with Crippen molar-refractivity contribution >= 4 is 23.4 Å². The molecule has 0 amide bonds. The van der Waals surface area contributed by atoms with Gasteiger partial charge in [0, 0.05) is 21.7 Å². The average molecular weight is 258 g/mol. The Balaban J connectivity index is 2.25. The van der Waals surface area contributed by atoms with Gasteiger partial charge in [0.1, 0.15) is 0 Å².